The molecule has 23 heavy (non-hydrogen) atoms. The molecule has 4 heteroatoms. The minimum absolute atomic E-state index is 0.530. The van der Waals surface area contributed by atoms with E-state index in [1.54, 1.807) is 7.11 Å². The number of aliphatic hydroxyl groups is 1. The topological polar surface area (TPSA) is 46.8 Å². The van der Waals surface area contributed by atoms with Crippen LogP contribution in [0.5, 0.6) is 5.75 Å². The average Bonchev–Trinajstić information content (AvgIpc) is 2.91. The molecule has 0 aliphatic heterocycles. The fourth-order valence-corrected chi connectivity index (χ4v) is 2.92. The molecule has 0 bridgehead atoms. The van der Waals surface area contributed by atoms with Crippen LogP contribution in [0.25, 0.3) is 5.65 Å². The van der Waals surface area contributed by atoms with Gasteiger partial charge in [0.1, 0.15) is 11.4 Å². The van der Waals surface area contributed by atoms with Crippen molar-refractivity contribution in [2.75, 3.05) is 7.11 Å². The van der Waals surface area contributed by atoms with Crippen LogP contribution >= 0.6 is 0 Å². The molecule has 2 aromatic heterocycles. The molecule has 0 aliphatic rings. The number of aryl methyl sites for hydroxylation is 1. The van der Waals surface area contributed by atoms with E-state index in [2.05, 4.69) is 0 Å². The van der Waals surface area contributed by atoms with E-state index in [0.29, 0.717) is 12.8 Å². The van der Waals surface area contributed by atoms with Crippen LogP contribution in [-0.4, -0.2) is 21.6 Å². The Kier molecular flexibility index (Phi) is 4.35. The number of methoxy groups -OCH3 is 1. The molecule has 0 fully saturated rings. The molecule has 1 aromatic carbocycles. The number of ether oxygens (including phenoxy) is 1. The molecular formula is C19H22N2O2. The van der Waals surface area contributed by atoms with Gasteiger partial charge in [0.15, 0.2) is 0 Å². The van der Waals surface area contributed by atoms with Crippen LogP contribution in [-0.2, 0) is 6.42 Å². The van der Waals surface area contributed by atoms with Crippen molar-refractivity contribution in [1.29, 1.82) is 0 Å². The fraction of sp³-hybridized carbons (Fsp3) is 0.316. The summed E-state index contributed by atoms with van der Waals surface area (Å²) in [6, 6.07) is 12.0. The fourth-order valence-electron chi connectivity index (χ4n) is 2.92. The van der Waals surface area contributed by atoms with Crippen LogP contribution in [0.15, 0.2) is 42.6 Å². The number of para-hydroxylation sites is 1. The zero-order valence-electron chi connectivity index (χ0n) is 13.8. The number of aromatic nitrogens is 2. The van der Waals surface area contributed by atoms with Crippen LogP contribution in [0.2, 0.25) is 0 Å². The number of fused-ring (bicyclic) bond motifs is 1. The SMILES string of the molecule is CCC(O)c1c(Cc2ccccc2OC)nc2cc(C)ccn12. The predicted octanol–water partition coefficient (Wildman–Crippen LogP) is 3.69. The highest BCUT2D eigenvalue weighted by atomic mass is 16.5. The lowest BCUT2D eigenvalue weighted by Gasteiger charge is -2.12. The van der Waals surface area contributed by atoms with Crippen LogP contribution < -0.4 is 4.74 Å². The maximum Gasteiger partial charge on any atom is 0.137 e. The third kappa shape index (κ3) is 2.94. The molecule has 2 heterocycles. The van der Waals surface area contributed by atoms with Crippen LogP contribution in [0, 0.1) is 6.92 Å². The summed E-state index contributed by atoms with van der Waals surface area (Å²) in [7, 11) is 1.67. The number of imidazole rings is 1. The van der Waals surface area contributed by atoms with Crippen LogP contribution in [0.4, 0.5) is 0 Å². The van der Waals surface area contributed by atoms with Gasteiger partial charge in [-0.2, -0.15) is 0 Å². The van der Waals surface area contributed by atoms with Gasteiger partial charge >= 0.3 is 0 Å². The molecule has 1 atom stereocenters. The number of aliphatic hydroxyl groups excluding tert-OH is 1. The van der Waals surface area contributed by atoms with E-state index < -0.39 is 6.10 Å². The van der Waals surface area contributed by atoms with Gasteiger partial charge in [-0.05, 0) is 37.1 Å². The molecule has 4 nitrogen and oxygen atoms in total. The normalized spacial score (nSPS) is 12.5. The number of pyridine rings is 1. The van der Waals surface area contributed by atoms with Crippen LogP contribution in [0.3, 0.4) is 0 Å². The zero-order valence-corrected chi connectivity index (χ0v) is 13.8. The van der Waals surface area contributed by atoms with Crippen molar-refractivity contribution in [1.82, 2.24) is 9.38 Å². The Morgan fingerprint density at radius 1 is 1.26 bits per heavy atom. The third-order valence-corrected chi connectivity index (χ3v) is 4.15. The van der Waals surface area contributed by atoms with Crippen molar-refractivity contribution >= 4 is 5.65 Å². The van der Waals surface area contributed by atoms with Gasteiger partial charge in [-0.3, -0.25) is 0 Å². The van der Waals surface area contributed by atoms with Gasteiger partial charge in [-0.15, -0.1) is 0 Å². The maximum atomic E-state index is 10.5. The Balaban J connectivity index is 2.12. The highest BCUT2D eigenvalue weighted by Crippen LogP contribution is 2.27. The van der Waals surface area contributed by atoms with Gasteiger partial charge in [-0.25, -0.2) is 4.98 Å². The van der Waals surface area contributed by atoms with E-state index in [1.807, 2.05) is 60.8 Å². The van der Waals surface area contributed by atoms with Crippen molar-refractivity contribution < 1.29 is 9.84 Å². The quantitative estimate of drug-likeness (QED) is 0.782. The molecule has 3 aromatic rings. The summed E-state index contributed by atoms with van der Waals surface area (Å²) in [5.74, 6) is 0.845. The second-order valence-corrected chi connectivity index (χ2v) is 5.79. The van der Waals surface area contributed by atoms with Gasteiger partial charge in [0.2, 0.25) is 0 Å². The summed E-state index contributed by atoms with van der Waals surface area (Å²) >= 11 is 0. The molecule has 1 N–H and O–H groups in total. The third-order valence-electron chi connectivity index (χ3n) is 4.15. The van der Waals surface area contributed by atoms with E-state index in [4.69, 9.17) is 9.72 Å². The van der Waals surface area contributed by atoms with Gasteiger partial charge in [0, 0.05) is 18.2 Å². The summed E-state index contributed by atoms with van der Waals surface area (Å²) < 4.78 is 7.43. The molecule has 0 aliphatic carbocycles. The maximum absolute atomic E-state index is 10.5. The average molecular weight is 310 g/mol. The smallest absolute Gasteiger partial charge is 0.137 e. The van der Waals surface area contributed by atoms with E-state index in [-0.39, 0.29) is 0 Å². The predicted molar refractivity (Wildman–Crippen MR) is 91.0 cm³/mol. The van der Waals surface area contributed by atoms with Crippen molar-refractivity contribution in [3.8, 4) is 5.75 Å². The lowest BCUT2D eigenvalue weighted by atomic mass is 10.0. The molecule has 0 radical (unpaired) electrons. The lowest BCUT2D eigenvalue weighted by molar-refractivity contribution is 0.167. The van der Waals surface area contributed by atoms with E-state index in [1.165, 1.54) is 0 Å². The second-order valence-electron chi connectivity index (χ2n) is 5.79. The molecule has 0 spiro atoms. The first-order valence-electron chi connectivity index (χ1n) is 7.91. The van der Waals surface area contributed by atoms with E-state index in [0.717, 1.165) is 33.9 Å². The monoisotopic (exact) mass is 310 g/mol. The van der Waals surface area contributed by atoms with Crippen LogP contribution in [0.1, 0.15) is 42.0 Å². The summed E-state index contributed by atoms with van der Waals surface area (Å²) in [5, 5.41) is 10.5. The van der Waals surface area contributed by atoms with Gasteiger partial charge in [0.05, 0.1) is 24.6 Å². The van der Waals surface area contributed by atoms with Crippen molar-refractivity contribution in [2.45, 2.75) is 32.8 Å². The molecular weight excluding hydrogens is 288 g/mol. The Labute approximate surface area is 136 Å². The number of rotatable bonds is 5. The summed E-state index contributed by atoms with van der Waals surface area (Å²) in [6.07, 6.45) is 2.74. The Bertz CT molecular complexity index is 823. The molecule has 3 rings (SSSR count). The molecule has 0 saturated carbocycles. The highest BCUT2D eigenvalue weighted by Gasteiger charge is 2.19. The minimum atomic E-state index is -0.530. The van der Waals surface area contributed by atoms with E-state index >= 15 is 0 Å². The van der Waals surface area contributed by atoms with E-state index in [9.17, 15) is 5.11 Å². The lowest BCUT2D eigenvalue weighted by Crippen LogP contribution is -2.05. The molecule has 0 amide bonds. The van der Waals surface area contributed by atoms with Gasteiger partial charge < -0.3 is 14.2 Å². The molecule has 1 unspecified atom stereocenters. The zero-order chi connectivity index (χ0) is 16.4. The first kappa shape index (κ1) is 15.6. The summed E-state index contributed by atoms with van der Waals surface area (Å²) in [6.45, 7) is 4.02. The Morgan fingerprint density at radius 2 is 2.04 bits per heavy atom. The number of benzene rings is 1. The number of hydrogen-bond donors (Lipinski definition) is 1. The first-order chi connectivity index (χ1) is 11.1. The van der Waals surface area contributed by atoms with Crippen molar-refractivity contribution in [3.05, 3.63) is 65.1 Å². The Morgan fingerprint density at radius 3 is 2.78 bits per heavy atom. The van der Waals surface area contributed by atoms with Gasteiger partial charge in [0.25, 0.3) is 0 Å². The second kappa shape index (κ2) is 6.42. The van der Waals surface area contributed by atoms with Gasteiger partial charge in [-0.1, -0.05) is 25.1 Å². The standard InChI is InChI=1S/C19H22N2O2/c1-4-16(22)19-15(12-14-7-5-6-8-17(14)23-3)20-18-11-13(2)9-10-21(18)19/h5-11,16,22H,4,12H2,1-3H3. The minimum Gasteiger partial charge on any atom is -0.496 e. The molecule has 0 saturated heterocycles. The number of nitrogens with zero attached hydrogens (tertiary/aromatic N) is 2. The number of hydrogen-bond acceptors (Lipinski definition) is 3. The largest absolute Gasteiger partial charge is 0.496 e. The highest BCUT2D eigenvalue weighted by molar-refractivity contribution is 5.48. The van der Waals surface area contributed by atoms with Crippen molar-refractivity contribution in [2.24, 2.45) is 0 Å². The summed E-state index contributed by atoms with van der Waals surface area (Å²) in [4.78, 5) is 4.76. The molecule has 120 valence electrons. The first-order valence-corrected chi connectivity index (χ1v) is 7.91. The van der Waals surface area contributed by atoms with Crippen molar-refractivity contribution in [3.63, 3.8) is 0 Å². The summed E-state index contributed by atoms with van der Waals surface area (Å²) in [5.41, 5.74) is 4.86. The Hall–Kier alpha value is -2.33.